The minimum Gasteiger partial charge on any atom is -0.481 e. The summed E-state index contributed by atoms with van der Waals surface area (Å²) in [7, 11) is 0. The summed E-state index contributed by atoms with van der Waals surface area (Å²) >= 11 is 6.14. The van der Waals surface area contributed by atoms with Gasteiger partial charge >= 0.3 is 5.97 Å². The number of benzene rings is 1. The van der Waals surface area contributed by atoms with E-state index in [1.807, 2.05) is 6.07 Å². The van der Waals surface area contributed by atoms with Crippen LogP contribution in [0.1, 0.15) is 12.8 Å². The first-order chi connectivity index (χ1) is 13.1. The van der Waals surface area contributed by atoms with E-state index < -0.39 is 11.9 Å². The average Bonchev–Trinajstić information content (AvgIpc) is 2.68. The van der Waals surface area contributed by atoms with Crippen LogP contribution in [0.2, 0.25) is 5.02 Å². The van der Waals surface area contributed by atoms with Crippen molar-refractivity contribution in [2.45, 2.75) is 12.8 Å². The molecule has 1 aromatic carbocycles. The van der Waals surface area contributed by atoms with Gasteiger partial charge in [-0.3, -0.25) is 14.6 Å². The molecule has 1 atom stereocenters. The first-order valence-electron chi connectivity index (χ1n) is 8.79. The Bertz CT molecular complexity index is 823. The van der Waals surface area contributed by atoms with Gasteiger partial charge in [0, 0.05) is 31.3 Å². The Morgan fingerprint density at radius 3 is 2.85 bits per heavy atom. The number of fused-ring (bicyclic) bond motifs is 1. The number of nitrogens with zero attached hydrogens (tertiary/aromatic N) is 1. The highest BCUT2D eigenvalue weighted by molar-refractivity contribution is 6.35. The van der Waals surface area contributed by atoms with Crippen molar-refractivity contribution in [2.24, 2.45) is 11.8 Å². The fraction of sp³-hybridized carbons (Fsp3) is 0.421. The van der Waals surface area contributed by atoms with Crippen molar-refractivity contribution in [3.8, 4) is 5.75 Å². The lowest BCUT2D eigenvalue weighted by atomic mass is 9.86. The maximum atomic E-state index is 12.1. The monoisotopic (exact) mass is 392 g/mol. The molecule has 1 aromatic heterocycles. The second-order valence-electron chi connectivity index (χ2n) is 6.43. The standard InChI is InChI=1S/C19H21ClN2O5/c20-15-3-4-16(18-13(15)2-1-7-21-18)27-11-17(23)22-10-14(19(24)25)12-5-8-26-9-6-12/h1-4,7,12,14H,5-6,8-11H2,(H,22,23)(H,24,25). The third-order valence-electron chi connectivity index (χ3n) is 4.71. The Morgan fingerprint density at radius 1 is 1.33 bits per heavy atom. The van der Waals surface area contributed by atoms with E-state index in [1.165, 1.54) is 0 Å². The molecule has 1 aliphatic rings. The molecule has 1 saturated heterocycles. The molecule has 0 aliphatic carbocycles. The molecule has 8 heteroatoms. The Morgan fingerprint density at radius 2 is 2.11 bits per heavy atom. The normalized spacial score (nSPS) is 16.0. The summed E-state index contributed by atoms with van der Waals surface area (Å²) in [6.07, 6.45) is 2.99. The number of hydrogen-bond donors (Lipinski definition) is 2. The lowest BCUT2D eigenvalue weighted by molar-refractivity contribution is -0.145. The average molecular weight is 393 g/mol. The zero-order valence-electron chi connectivity index (χ0n) is 14.7. The summed E-state index contributed by atoms with van der Waals surface area (Å²) in [5.41, 5.74) is 0.573. The van der Waals surface area contributed by atoms with Crippen LogP contribution in [0.15, 0.2) is 30.5 Å². The second-order valence-corrected chi connectivity index (χ2v) is 6.84. The van der Waals surface area contributed by atoms with Gasteiger partial charge in [0.2, 0.25) is 0 Å². The molecule has 7 nitrogen and oxygen atoms in total. The van der Waals surface area contributed by atoms with Crippen LogP contribution in [0.5, 0.6) is 5.75 Å². The van der Waals surface area contributed by atoms with Gasteiger partial charge in [-0.15, -0.1) is 0 Å². The number of halogens is 1. The fourth-order valence-corrected chi connectivity index (χ4v) is 3.44. The number of carboxylic acid groups (broad SMARTS) is 1. The quantitative estimate of drug-likeness (QED) is 0.751. The highest BCUT2D eigenvalue weighted by Gasteiger charge is 2.30. The van der Waals surface area contributed by atoms with Crippen LogP contribution in [-0.4, -0.2) is 48.3 Å². The van der Waals surface area contributed by atoms with Crippen LogP contribution < -0.4 is 10.1 Å². The Hall–Kier alpha value is -2.38. The first kappa shape index (κ1) is 19.4. The van der Waals surface area contributed by atoms with Crippen molar-refractivity contribution < 1.29 is 24.2 Å². The largest absolute Gasteiger partial charge is 0.481 e. The maximum Gasteiger partial charge on any atom is 0.308 e. The molecule has 1 fully saturated rings. The summed E-state index contributed by atoms with van der Waals surface area (Å²) in [6, 6.07) is 6.94. The van der Waals surface area contributed by atoms with Gasteiger partial charge in [0.05, 0.1) is 10.9 Å². The van der Waals surface area contributed by atoms with Gasteiger partial charge in [0.1, 0.15) is 11.3 Å². The lowest BCUT2D eigenvalue weighted by Gasteiger charge is -2.27. The maximum absolute atomic E-state index is 12.1. The number of carboxylic acids is 1. The van der Waals surface area contributed by atoms with Crippen LogP contribution in [0, 0.1) is 11.8 Å². The van der Waals surface area contributed by atoms with Gasteiger partial charge in [0.15, 0.2) is 6.61 Å². The van der Waals surface area contributed by atoms with E-state index in [9.17, 15) is 14.7 Å². The zero-order valence-corrected chi connectivity index (χ0v) is 15.4. The van der Waals surface area contributed by atoms with E-state index in [2.05, 4.69) is 10.3 Å². The number of ether oxygens (including phenoxy) is 2. The first-order valence-corrected chi connectivity index (χ1v) is 9.17. The lowest BCUT2D eigenvalue weighted by Crippen LogP contribution is -2.40. The van der Waals surface area contributed by atoms with E-state index in [0.717, 1.165) is 5.39 Å². The minimum atomic E-state index is -0.906. The SMILES string of the molecule is O=C(COc1ccc(Cl)c2cccnc12)NCC(C(=O)O)C1CCOCC1. The molecule has 1 aliphatic heterocycles. The van der Waals surface area contributed by atoms with Crippen molar-refractivity contribution >= 4 is 34.4 Å². The third-order valence-corrected chi connectivity index (χ3v) is 5.04. The smallest absolute Gasteiger partial charge is 0.308 e. The fourth-order valence-electron chi connectivity index (χ4n) is 3.22. The Kier molecular flexibility index (Phi) is 6.47. The van der Waals surface area contributed by atoms with Gasteiger partial charge < -0.3 is 19.9 Å². The number of nitrogens with one attached hydrogen (secondary N) is 1. The van der Waals surface area contributed by atoms with Crippen molar-refractivity contribution in [1.82, 2.24) is 10.3 Å². The Balaban J connectivity index is 1.56. The van der Waals surface area contributed by atoms with Crippen molar-refractivity contribution in [3.63, 3.8) is 0 Å². The molecule has 1 unspecified atom stereocenters. The van der Waals surface area contributed by atoms with Gasteiger partial charge in [-0.2, -0.15) is 0 Å². The van der Waals surface area contributed by atoms with Crippen LogP contribution in [-0.2, 0) is 14.3 Å². The van der Waals surface area contributed by atoms with E-state index in [1.54, 1.807) is 24.4 Å². The van der Waals surface area contributed by atoms with Gasteiger partial charge in [0.25, 0.3) is 5.91 Å². The number of pyridine rings is 1. The molecular formula is C19H21ClN2O5. The molecule has 27 heavy (non-hydrogen) atoms. The van der Waals surface area contributed by atoms with Crippen molar-refractivity contribution in [2.75, 3.05) is 26.4 Å². The van der Waals surface area contributed by atoms with Crippen LogP contribution >= 0.6 is 11.6 Å². The Labute approximate surface area is 161 Å². The molecular weight excluding hydrogens is 372 g/mol. The summed E-state index contributed by atoms with van der Waals surface area (Å²) < 4.78 is 10.8. The number of aliphatic carboxylic acids is 1. The molecule has 2 heterocycles. The van der Waals surface area contributed by atoms with Crippen LogP contribution in [0.3, 0.4) is 0 Å². The summed E-state index contributed by atoms with van der Waals surface area (Å²) in [5, 5.41) is 13.4. The molecule has 1 amide bonds. The van der Waals surface area contributed by atoms with Gasteiger partial charge in [-0.1, -0.05) is 11.6 Å². The molecule has 2 N–H and O–H groups in total. The van der Waals surface area contributed by atoms with Crippen molar-refractivity contribution in [3.05, 3.63) is 35.5 Å². The molecule has 0 spiro atoms. The summed E-state index contributed by atoms with van der Waals surface area (Å²) in [5.74, 6) is -1.47. The highest BCUT2D eigenvalue weighted by Crippen LogP contribution is 2.29. The minimum absolute atomic E-state index is 0.00174. The molecule has 3 rings (SSSR count). The van der Waals surface area contributed by atoms with E-state index in [0.29, 0.717) is 42.3 Å². The topological polar surface area (TPSA) is 97.8 Å². The number of carbonyl (C=O) groups excluding carboxylic acids is 1. The van der Waals surface area contributed by atoms with Gasteiger partial charge in [-0.05, 0) is 43.0 Å². The predicted molar refractivity (Wildman–Crippen MR) is 99.9 cm³/mol. The molecule has 0 radical (unpaired) electrons. The number of aromatic nitrogens is 1. The highest BCUT2D eigenvalue weighted by atomic mass is 35.5. The summed E-state index contributed by atoms with van der Waals surface area (Å²) in [4.78, 5) is 27.9. The molecule has 0 saturated carbocycles. The molecule has 2 aromatic rings. The summed E-state index contributed by atoms with van der Waals surface area (Å²) in [6.45, 7) is 0.958. The number of rotatable bonds is 7. The van der Waals surface area contributed by atoms with E-state index in [4.69, 9.17) is 21.1 Å². The molecule has 0 bridgehead atoms. The zero-order chi connectivity index (χ0) is 19.2. The van der Waals surface area contributed by atoms with Crippen LogP contribution in [0.25, 0.3) is 10.9 Å². The third kappa shape index (κ3) is 4.87. The van der Waals surface area contributed by atoms with Gasteiger partial charge in [-0.25, -0.2) is 0 Å². The van der Waals surface area contributed by atoms with E-state index >= 15 is 0 Å². The predicted octanol–water partition coefficient (Wildman–Crippen LogP) is 2.51. The number of hydrogen-bond acceptors (Lipinski definition) is 5. The number of amides is 1. The second kappa shape index (κ2) is 9.01. The van der Waals surface area contributed by atoms with E-state index in [-0.39, 0.29) is 25.0 Å². The van der Waals surface area contributed by atoms with Crippen molar-refractivity contribution in [1.29, 1.82) is 0 Å². The number of carbonyl (C=O) groups is 2. The molecule has 144 valence electrons. The van der Waals surface area contributed by atoms with Crippen LogP contribution in [0.4, 0.5) is 0 Å².